The van der Waals surface area contributed by atoms with Crippen LogP contribution in [0.2, 0.25) is 0 Å². The summed E-state index contributed by atoms with van der Waals surface area (Å²) in [5, 5.41) is 3.99. The van der Waals surface area contributed by atoms with Crippen LogP contribution in [0.5, 0.6) is 5.75 Å². The van der Waals surface area contributed by atoms with Crippen LogP contribution in [0, 0.1) is 17.4 Å². The summed E-state index contributed by atoms with van der Waals surface area (Å²) >= 11 is 2.30. The van der Waals surface area contributed by atoms with Gasteiger partial charge in [0.2, 0.25) is 0 Å². The van der Waals surface area contributed by atoms with Crippen molar-refractivity contribution in [2.75, 3.05) is 7.11 Å². The van der Waals surface area contributed by atoms with Crippen molar-refractivity contribution in [2.24, 2.45) is 0 Å². The third-order valence-electron chi connectivity index (χ3n) is 3.83. The van der Waals surface area contributed by atoms with Crippen LogP contribution in [-0.2, 0) is 0 Å². The van der Waals surface area contributed by atoms with Gasteiger partial charge in [0.15, 0.2) is 5.76 Å². The highest BCUT2D eigenvalue weighted by molar-refractivity contribution is 14.1. The minimum Gasteiger partial charge on any atom is -0.496 e. The number of nitrogens with zero attached hydrogens (tertiary/aromatic N) is 1. The molecule has 0 fully saturated rings. The lowest BCUT2D eigenvalue weighted by molar-refractivity contribution is 0.410. The molecule has 0 aliphatic rings. The van der Waals surface area contributed by atoms with Crippen LogP contribution in [0.1, 0.15) is 11.1 Å². The molecule has 3 rings (SSSR count). The first-order valence-electron chi connectivity index (χ1n) is 6.96. The van der Waals surface area contributed by atoms with Crippen molar-refractivity contribution < 1.29 is 9.26 Å². The van der Waals surface area contributed by atoms with Crippen LogP contribution in [0.4, 0.5) is 0 Å². The quantitative estimate of drug-likeness (QED) is 0.560. The summed E-state index contributed by atoms with van der Waals surface area (Å²) in [5.41, 5.74) is 5.36. The van der Waals surface area contributed by atoms with Gasteiger partial charge in [0.05, 0.1) is 13.3 Å². The Labute approximate surface area is 143 Å². The average molecular weight is 405 g/mol. The van der Waals surface area contributed by atoms with E-state index in [-0.39, 0.29) is 0 Å². The molecule has 0 bridgehead atoms. The molecular weight excluding hydrogens is 389 g/mol. The molecule has 112 valence electrons. The minimum absolute atomic E-state index is 0.766. The molecule has 0 amide bonds. The molecule has 0 unspecified atom stereocenters. The standard InChI is InChI=1S/C18H16INO2/c1-11-8-14(9-17(21-3)12(11)2)18-16(10-20-22-18)13-4-6-15(19)7-5-13/h4-10H,1-3H3. The number of aromatic nitrogens is 1. The molecule has 0 spiro atoms. The lowest BCUT2D eigenvalue weighted by Gasteiger charge is -2.10. The molecule has 2 aromatic carbocycles. The Hall–Kier alpha value is -1.82. The van der Waals surface area contributed by atoms with Gasteiger partial charge in [-0.1, -0.05) is 17.3 Å². The fourth-order valence-electron chi connectivity index (χ4n) is 2.45. The maximum absolute atomic E-state index is 5.52. The topological polar surface area (TPSA) is 35.3 Å². The highest BCUT2D eigenvalue weighted by Crippen LogP contribution is 2.36. The number of benzene rings is 2. The van der Waals surface area contributed by atoms with E-state index in [1.165, 1.54) is 9.13 Å². The maximum Gasteiger partial charge on any atom is 0.174 e. The van der Waals surface area contributed by atoms with Gasteiger partial charge in [-0.3, -0.25) is 0 Å². The largest absolute Gasteiger partial charge is 0.496 e. The monoisotopic (exact) mass is 405 g/mol. The molecule has 0 N–H and O–H groups in total. The second-order valence-corrected chi connectivity index (χ2v) is 6.44. The normalized spacial score (nSPS) is 10.7. The van der Waals surface area contributed by atoms with Crippen molar-refractivity contribution in [1.29, 1.82) is 0 Å². The zero-order chi connectivity index (χ0) is 15.7. The summed E-state index contributed by atoms with van der Waals surface area (Å²) in [7, 11) is 1.69. The molecule has 1 heterocycles. The van der Waals surface area contributed by atoms with E-state index in [4.69, 9.17) is 9.26 Å². The molecule has 0 saturated heterocycles. The fourth-order valence-corrected chi connectivity index (χ4v) is 2.81. The highest BCUT2D eigenvalue weighted by Gasteiger charge is 2.15. The summed E-state index contributed by atoms with van der Waals surface area (Å²) in [6.07, 6.45) is 1.76. The van der Waals surface area contributed by atoms with E-state index < -0.39 is 0 Å². The number of aryl methyl sites for hydroxylation is 1. The van der Waals surface area contributed by atoms with Gasteiger partial charge in [-0.2, -0.15) is 0 Å². The zero-order valence-electron chi connectivity index (χ0n) is 12.7. The molecule has 3 aromatic rings. The minimum atomic E-state index is 0.766. The molecule has 3 nitrogen and oxygen atoms in total. The Morgan fingerprint density at radius 2 is 1.77 bits per heavy atom. The highest BCUT2D eigenvalue weighted by atomic mass is 127. The number of ether oxygens (including phenoxy) is 1. The van der Waals surface area contributed by atoms with E-state index in [2.05, 4.69) is 71.9 Å². The second-order valence-electron chi connectivity index (χ2n) is 5.20. The van der Waals surface area contributed by atoms with Gasteiger partial charge in [-0.15, -0.1) is 0 Å². The fraction of sp³-hybridized carbons (Fsp3) is 0.167. The molecule has 0 atom stereocenters. The van der Waals surface area contributed by atoms with Crippen molar-refractivity contribution in [1.82, 2.24) is 5.16 Å². The average Bonchev–Trinajstić information content (AvgIpc) is 3.00. The van der Waals surface area contributed by atoms with Crippen LogP contribution >= 0.6 is 22.6 Å². The maximum atomic E-state index is 5.52. The molecule has 0 aliphatic carbocycles. The van der Waals surface area contributed by atoms with Crippen molar-refractivity contribution in [2.45, 2.75) is 13.8 Å². The van der Waals surface area contributed by atoms with E-state index >= 15 is 0 Å². The summed E-state index contributed by atoms with van der Waals surface area (Å²) in [6, 6.07) is 12.4. The van der Waals surface area contributed by atoms with Crippen molar-refractivity contribution in [3.05, 3.63) is 57.3 Å². The van der Waals surface area contributed by atoms with E-state index in [0.717, 1.165) is 33.8 Å². The predicted molar refractivity (Wildman–Crippen MR) is 96.1 cm³/mol. The molecule has 1 aromatic heterocycles. The van der Waals surface area contributed by atoms with Gasteiger partial charge in [0, 0.05) is 14.7 Å². The number of hydrogen-bond donors (Lipinski definition) is 0. The van der Waals surface area contributed by atoms with Gasteiger partial charge in [-0.25, -0.2) is 0 Å². The van der Waals surface area contributed by atoms with Gasteiger partial charge in [0.25, 0.3) is 0 Å². The molecule has 4 heteroatoms. The number of hydrogen-bond acceptors (Lipinski definition) is 3. The first-order chi connectivity index (χ1) is 10.6. The Morgan fingerprint density at radius 1 is 1.05 bits per heavy atom. The van der Waals surface area contributed by atoms with Crippen LogP contribution in [0.3, 0.4) is 0 Å². The molecule has 0 radical (unpaired) electrons. The summed E-state index contributed by atoms with van der Waals surface area (Å²) in [5.74, 6) is 1.63. The Kier molecular flexibility index (Phi) is 4.20. The smallest absolute Gasteiger partial charge is 0.174 e. The summed E-state index contributed by atoms with van der Waals surface area (Å²) in [4.78, 5) is 0. The van der Waals surface area contributed by atoms with Gasteiger partial charge < -0.3 is 9.26 Å². The predicted octanol–water partition coefficient (Wildman–Crippen LogP) is 5.24. The zero-order valence-corrected chi connectivity index (χ0v) is 14.8. The van der Waals surface area contributed by atoms with E-state index in [9.17, 15) is 0 Å². The van der Waals surface area contributed by atoms with Gasteiger partial charge in [0.1, 0.15) is 5.75 Å². The third kappa shape index (κ3) is 2.75. The number of rotatable bonds is 3. The summed E-state index contributed by atoms with van der Waals surface area (Å²) in [6.45, 7) is 4.13. The molecular formula is C18H16INO2. The Balaban J connectivity index is 2.13. The third-order valence-corrected chi connectivity index (χ3v) is 4.55. The Bertz CT molecular complexity index is 806. The first-order valence-corrected chi connectivity index (χ1v) is 8.04. The summed E-state index contributed by atoms with van der Waals surface area (Å²) < 4.78 is 12.2. The van der Waals surface area contributed by atoms with Crippen molar-refractivity contribution in [3.8, 4) is 28.2 Å². The molecule has 0 aliphatic heterocycles. The molecule has 22 heavy (non-hydrogen) atoms. The van der Waals surface area contributed by atoms with Crippen LogP contribution in [0.15, 0.2) is 47.1 Å². The first kappa shape index (κ1) is 15.1. The van der Waals surface area contributed by atoms with E-state index in [0.29, 0.717) is 0 Å². The van der Waals surface area contributed by atoms with Crippen LogP contribution in [-0.4, -0.2) is 12.3 Å². The SMILES string of the molecule is COc1cc(-c2oncc2-c2ccc(I)cc2)cc(C)c1C. The van der Waals surface area contributed by atoms with E-state index in [1.807, 2.05) is 6.07 Å². The number of halogens is 1. The number of methoxy groups -OCH3 is 1. The Morgan fingerprint density at radius 3 is 2.45 bits per heavy atom. The van der Waals surface area contributed by atoms with Crippen LogP contribution in [0.25, 0.3) is 22.5 Å². The lowest BCUT2D eigenvalue weighted by atomic mass is 9.99. The molecule has 0 saturated carbocycles. The van der Waals surface area contributed by atoms with E-state index in [1.54, 1.807) is 13.3 Å². The van der Waals surface area contributed by atoms with Crippen molar-refractivity contribution in [3.63, 3.8) is 0 Å². The van der Waals surface area contributed by atoms with Gasteiger partial charge in [-0.05, 0) is 77.4 Å². The second kappa shape index (κ2) is 6.12. The van der Waals surface area contributed by atoms with Crippen molar-refractivity contribution >= 4 is 22.6 Å². The lowest BCUT2D eigenvalue weighted by Crippen LogP contribution is -1.92. The van der Waals surface area contributed by atoms with Crippen LogP contribution < -0.4 is 4.74 Å². The van der Waals surface area contributed by atoms with Gasteiger partial charge >= 0.3 is 0 Å².